The van der Waals surface area contributed by atoms with E-state index in [-0.39, 0.29) is 0 Å². The number of methoxy groups -OCH3 is 3. The molecule has 0 fully saturated rings. The van der Waals surface area contributed by atoms with Crippen molar-refractivity contribution in [2.45, 2.75) is 6.29 Å². The summed E-state index contributed by atoms with van der Waals surface area (Å²) in [5, 5.41) is 11.6. The lowest BCUT2D eigenvalue weighted by Gasteiger charge is -2.12. The highest BCUT2D eigenvalue weighted by Crippen LogP contribution is 2.12. The van der Waals surface area contributed by atoms with Crippen molar-refractivity contribution < 1.29 is 24.1 Å². The number of nitrogens with zero attached hydrogens (tertiary/aromatic N) is 1. The van der Waals surface area contributed by atoms with Gasteiger partial charge in [0.2, 0.25) is 12.0 Å². The van der Waals surface area contributed by atoms with Gasteiger partial charge in [0.15, 0.2) is 5.76 Å². The zero-order chi connectivity index (χ0) is 11.1. The van der Waals surface area contributed by atoms with Gasteiger partial charge in [0, 0.05) is 14.2 Å². The van der Waals surface area contributed by atoms with Crippen molar-refractivity contribution in [2.75, 3.05) is 21.3 Å². The lowest BCUT2D eigenvalue weighted by atomic mass is 10.3. The summed E-state index contributed by atoms with van der Waals surface area (Å²) in [6, 6.07) is 0. The fourth-order valence-electron chi connectivity index (χ4n) is 0.716. The van der Waals surface area contributed by atoms with E-state index in [0.717, 1.165) is 7.11 Å². The van der Waals surface area contributed by atoms with Gasteiger partial charge in [-0.15, -0.1) is 4.91 Å². The molecule has 0 spiro atoms. The summed E-state index contributed by atoms with van der Waals surface area (Å²) in [6.07, 6.45) is -1.22. The predicted molar refractivity (Wildman–Crippen MR) is 45.3 cm³/mol. The molecule has 0 aliphatic heterocycles. The third-order valence-corrected chi connectivity index (χ3v) is 1.36. The lowest BCUT2D eigenvalue weighted by molar-refractivity contribution is -0.137. The molecule has 14 heavy (non-hydrogen) atoms. The van der Waals surface area contributed by atoms with E-state index in [9.17, 15) is 14.8 Å². The highest BCUT2D eigenvalue weighted by Gasteiger charge is 2.23. The van der Waals surface area contributed by atoms with Gasteiger partial charge >= 0.3 is 5.97 Å². The van der Waals surface area contributed by atoms with E-state index in [0.29, 0.717) is 0 Å². The summed E-state index contributed by atoms with van der Waals surface area (Å²) < 4.78 is 13.4. The van der Waals surface area contributed by atoms with Crippen LogP contribution >= 0.6 is 0 Å². The monoisotopic (exact) mass is 205 g/mol. The van der Waals surface area contributed by atoms with E-state index >= 15 is 0 Å². The van der Waals surface area contributed by atoms with Crippen LogP contribution in [-0.2, 0) is 19.0 Å². The zero-order valence-electron chi connectivity index (χ0n) is 8.01. The second kappa shape index (κ2) is 6.06. The van der Waals surface area contributed by atoms with Gasteiger partial charge in [0.25, 0.3) is 0 Å². The van der Waals surface area contributed by atoms with Gasteiger partial charge in [-0.05, 0) is 5.18 Å². The Morgan fingerprint density at radius 2 is 1.79 bits per heavy atom. The molecule has 0 rings (SSSR count). The van der Waals surface area contributed by atoms with Gasteiger partial charge in [-0.25, -0.2) is 4.79 Å². The number of hydrogen-bond acceptors (Lipinski definition) is 7. The van der Waals surface area contributed by atoms with Crippen LogP contribution in [0.1, 0.15) is 0 Å². The summed E-state index contributed by atoms with van der Waals surface area (Å²) in [5.74, 6) is -1.78. The highest BCUT2D eigenvalue weighted by atomic mass is 16.7. The first-order chi connectivity index (χ1) is 6.62. The Hall–Kier alpha value is -1.47. The first-order valence-electron chi connectivity index (χ1n) is 3.52. The van der Waals surface area contributed by atoms with Gasteiger partial charge in [0.1, 0.15) is 0 Å². The molecule has 0 saturated heterocycles. The summed E-state index contributed by atoms with van der Waals surface area (Å²) in [7, 11) is 3.50. The normalized spacial score (nSPS) is 12.3. The minimum Gasteiger partial charge on any atom is -0.505 e. The number of rotatable bonds is 5. The third-order valence-electron chi connectivity index (χ3n) is 1.36. The molecule has 0 radical (unpaired) electrons. The molecule has 0 aliphatic carbocycles. The molecule has 0 saturated carbocycles. The number of ether oxygens (including phenoxy) is 3. The van der Waals surface area contributed by atoms with Gasteiger partial charge in [-0.2, -0.15) is 0 Å². The van der Waals surface area contributed by atoms with Crippen LogP contribution in [-0.4, -0.2) is 38.7 Å². The molecular formula is C7H11NO6. The van der Waals surface area contributed by atoms with Crippen LogP contribution in [0.2, 0.25) is 0 Å². The van der Waals surface area contributed by atoms with Crippen molar-refractivity contribution >= 4 is 5.97 Å². The Kier molecular flexibility index (Phi) is 5.42. The minimum atomic E-state index is -1.22. The summed E-state index contributed by atoms with van der Waals surface area (Å²) in [4.78, 5) is 21.1. The molecule has 0 aliphatic rings. The molecule has 0 unspecified atom stereocenters. The van der Waals surface area contributed by atoms with Crippen molar-refractivity contribution in [3.8, 4) is 0 Å². The number of aliphatic hydroxyl groups excluding tert-OH is 1. The lowest BCUT2D eigenvalue weighted by Crippen LogP contribution is -2.20. The molecule has 0 aromatic heterocycles. The smallest absolute Gasteiger partial charge is 0.364 e. The number of hydrogen-bond donors (Lipinski definition) is 1. The SMILES string of the molecule is COC(=O)/C(N=O)=C(/O)C(OC)OC. The average molecular weight is 205 g/mol. The Balaban J connectivity index is 4.99. The molecular weight excluding hydrogens is 194 g/mol. The van der Waals surface area contributed by atoms with Crippen molar-refractivity contribution in [1.29, 1.82) is 0 Å². The number of esters is 1. The van der Waals surface area contributed by atoms with Crippen molar-refractivity contribution in [1.82, 2.24) is 0 Å². The molecule has 1 N–H and O–H groups in total. The highest BCUT2D eigenvalue weighted by molar-refractivity contribution is 5.88. The molecule has 7 heteroatoms. The van der Waals surface area contributed by atoms with E-state index in [1.54, 1.807) is 0 Å². The second-order valence-electron chi connectivity index (χ2n) is 2.12. The predicted octanol–water partition coefficient (Wildman–Crippen LogP) is 0.314. The Morgan fingerprint density at radius 3 is 2.07 bits per heavy atom. The van der Waals surface area contributed by atoms with Crippen LogP contribution in [0.3, 0.4) is 0 Å². The molecule has 0 aromatic rings. The summed E-state index contributed by atoms with van der Waals surface area (Å²) in [6.45, 7) is 0. The van der Waals surface area contributed by atoms with E-state index < -0.39 is 23.7 Å². The average Bonchev–Trinajstić information content (AvgIpc) is 2.20. The van der Waals surface area contributed by atoms with Crippen molar-refractivity contribution in [2.24, 2.45) is 5.18 Å². The van der Waals surface area contributed by atoms with Crippen molar-refractivity contribution in [3.63, 3.8) is 0 Å². The number of aliphatic hydroxyl groups is 1. The van der Waals surface area contributed by atoms with Crippen LogP contribution < -0.4 is 0 Å². The Morgan fingerprint density at radius 1 is 1.29 bits per heavy atom. The van der Waals surface area contributed by atoms with Gasteiger partial charge in [0.05, 0.1) is 7.11 Å². The number of nitroso groups, excluding NO2 is 1. The fraction of sp³-hybridized carbons (Fsp3) is 0.571. The summed E-state index contributed by atoms with van der Waals surface area (Å²) >= 11 is 0. The maximum absolute atomic E-state index is 10.9. The maximum Gasteiger partial charge on any atom is 0.364 e. The molecule has 7 nitrogen and oxygen atoms in total. The molecule has 0 amide bonds. The largest absolute Gasteiger partial charge is 0.505 e. The first kappa shape index (κ1) is 12.5. The molecule has 0 bridgehead atoms. The fourth-order valence-corrected chi connectivity index (χ4v) is 0.716. The van der Waals surface area contributed by atoms with E-state index in [1.165, 1.54) is 14.2 Å². The Bertz CT molecular complexity index is 245. The Labute approximate surface area is 80.2 Å². The molecule has 0 atom stereocenters. The molecule has 80 valence electrons. The number of carbonyl (C=O) groups excluding carboxylic acids is 1. The molecule has 0 aromatic carbocycles. The second-order valence-corrected chi connectivity index (χ2v) is 2.12. The van der Waals surface area contributed by atoms with Crippen LogP contribution in [0.25, 0.3) is 0 Å². The van der Waals surface area contributed by atoms with Crippen LogP contribution in [0.5, 0.6) is 0 Å². The number of carbonyl (C=O) groups is 1. The minimum absolute atomic E-state index is 0.725. The zero-order valence-corrected chi connectivity index (χ0v) is 8.01. The van der Waals surface area contributed by atoms with Crippen LogP contribution in [0, 0.1) is 4.91 Å². The standard InChI is InChI=1S/C7H11NO6/c1-12-6(10)4(8-11)5(9)7(13-2)14-3/h7,9H,1-3H3/b5-4-. The van der Waals surface area contributed by atoms with Gasteiger partial charge in [-0.3, -0.25) is 0 Å². The van der Waals surface area contributed by atoms with Gasteiger partial charge < -0.3 is 19.3 Å². The van der Waals surface area contributed by atoms with Crippen LogP contribution in [0.4, 0.5) is 0 Å². The van der Waals surface area contributed by atoms with E-state index in [1.807, 2.05) is 0 Å². The van der Waals surface area contributed by atoms with E-state index in [2.05, 4.69) is 19.4 Å². The third kappa shape index (κ3) is 2.79. The van der Waals surface area contributed by atoms with E-state index in [4.69, 9.17) is 0 Å². The van der Waals surface area contributed by atoms with Gasteiger partial charge in [-0.1, -0.05) is 0 Å². The summed E-state index contributed by atoms with van der Waals surface area (Å²) in [5.41, 5.74) is -0.777. The quantitative estimate of drug-likeness (QED) is 0.228. The van der Waals surface area contributed by atoms with Crippen LogP contribution in [0.15, 0.2) is 16.6 Å². The van der Waals surface area contributed by atoms with Crippen molar-refractivity contribution in [3.05, 3.63) is 16.4 Å². The maximum atomic E-state index is 10.9. The first-order valence-corrected chi connectivity index (χ1v) is 3.52. The molecule has 0 heterocycles. The topological polar surface area (TPSA) is 94.4 Å².